The van der Waals surface area contributed by atoms with Crippen molar-refractivity contribution >= 4 is 15.9 Å². The third-order valence-electron chi connectivity index (χ3n) is 2.70. The summed E-state index contributed by atoms with van der Waals surface area (Å²) in [6.07, 6.45) is 0. The maximum absolute atomic E-state index is 13.1. The molecule has 17 heavy (non-hydrogen) atoms. The van der Waals surface area contributed by atoms with E-state index in [2.05, 4.69) is 46.7 Å². The predicted molar refractivity (Wildman–Crippen MR) is 73.6 cm³/mol. The second kappa shape index (κ2) is 7.09. The smallest absolute Gasteiger partial charge is 0.137 e. The Hall–Kier alpha value is -0.450. The van der Waals surface area contributed by atoms with Gasteiger partial charge in [0, 0.05) is 19.6 Å². The first-order valence-electron chi connectivity index (χ1n) is 5.84. The molecule has 0 bridgehead atoms. The summed E-state index contributed by atoms with van der Waals surface area (Å²) in [5.41, 5.74) is 1.14. The molecule has 0 aliphatic heterocycles. The van der Waals surface area contributed by atoms with Crippen LogP contribution in [0, 0.1) is 5.82 Å². The average Bonchev–Trinajstić information content (AvgIpc) is 2.28. The molecule has 0 fully saturated rings. The number of halogens is 2. The molecule has 0 aliphatic rings. The minimum absolute atomic E-state index is 0.204. The first-order valence-corrected chi connectivity index (χ1v) is 6.63. The molecule has 0 radical (unpaired) electrons. The van der Waals surface area contributed by atoms with E-state index >= 15 is 0 Å². The van der Waals surface area contributed by atoms with Crippen LogP contribution in [0.1, 0.15) is 12.5 Å². The Labute approximate surface area is 112 Å². The lowest BCUT2D eigenvalue weighted by atomic mass is 10.2. The highest BCUT2D eigenvalue weighted by Crippen LogP contribution is 2.17. The molecule has 0 saturated carbocycles. The number of hydrogen-bond donors (Lipinski definition) is 0. The van der Waals surface area contributed by atoms with E-state index in [9.17, 15) is 4.39 Å². The Morgan fingerprint density at radius 1 is 1.24 bits per heavy atom. The zero-order chi connectivity index (χ0) is 12.8. The number of benzene rings is 1. The van der Waals surface area contributed by atoms with E-state index in [1.807, 2.05) is 12.1 Å². The third-order valence-corrected chi connectivity index (χ3v) is 3.31. The summed E-state index contributed by atoms with van der Waals surface area (Å²) < 4.78 is 13.6. The topological polar surface area (TPSA) is 6.48 Å². The van der Waals surface area contributed by atoms with E-state index in [1.165, 1.54) is 6.07 Å². The molecule has 0 unspecified atom stereocenters. The van der Waals surface area contributed by atoms with Gasteiger partial charge in [0.2, 0.25) is 0 Å². The van der Waals surface area contributed by atoms with Crippen LogP contribution >= 0.6 is 15.9 Å². The molecule has 0 amide bonds. The van der Waals surface area contributed by atoms with E-state index in [1.54, 1.807) is 0 Å². The fraction of sp³-hybridized carbons (Fsp3) is 0.538. The van der Waals surface area contributed by atoms with Crippen LogP contribution < -0.4 is 0 Å². The van der Waals surface area contributed by atoms with E-state index in [-0.39, 0.29) is 5.82 Å². The van der Waals surface area contributed by atoms with Crippen molar-refractivity contribution in [3.05, 3.63) is 34.1 Å². The highest BCUT2D eigenvalue weighted by Gasteiger charge is 2.06. The van der Waals surface area contributed by atoms with Gasteiger partial charge in [-0.2, -0.15) is 0 Å². The molecule has 1 aromatic carbocycles. The van der Waals surface area contributed by atoms with Gasteiger partial charge in [0.1, 0.15) is 5.82 Å². The maximum Gasteiger partial charge on any atom is 0.137 e. The molecule has 0 spiro atoms. The summed E-state index contributed by atoms with van der Waals surface area (Å²) >= 11 is 3.22. The highest BCUT2D eigenvalue weighted by atomic mass is 79.9. The van der Waals surface area contributed by atoms with Gasteiger partial charge in [-0.25, -0.2) is 4.39 Å². The van der Waals surface area contributed by atoms with Gasteiger partial charge in [0.25, 0.3) is 0 Å². The van der Waals surface area contributed by atoms with Crippen LogP contribution in [0.2, 0.25) is 0 Å². The van der Waals surface area contributed by atoms with Crippen molar-refractivity contribution in [2.24, 2.45) is 0 Å². The lowest BCUT2D eigenvalue weighted by molar-refractivity contribution is 0.244. The lowest BCUT2D eigenvalue weighted by Crippen LogP contribution is -2.31. The molecule has 1 aromatic rings. The Kier molecular flexibility index (Phi) is 6.09. The minimum atomic E-state index is -0.204. The summed E-state index contributed by atoms with van der Waals surface area (Å²) in [5, 5.41) is 0. The second-order valence-corrected chi connectivity index (χ2v) is 5.27. The zero-order valence-corrected chi connectivity index (χ0v) is 12.3. The third kappa shape index (κ3) is 5.15. The molecular formula is C13H20BrFN2. The fourth-order valence-corrected chi connectivity index (χ4v) is 2.01. The van der Waals surface area contributed by atoms with Gasteiger partial charge in [0.15, 0.2) is 0 Å². The Balaban J connectivity index is 2.57. The Bertz CT molecular complexity index is 355. The quantitative estimate of drug-likeness (QED) is 0.797. The van der Waals surface area contributed by atoms with Crippen molar-refractivity contribution in [2.45, 2.75) is 13.5 Å². The standard InChI is InChI=1S/C13H20BrFN2/c1-4-17(8-7-16(2)3)10-11-5-6-13(15)12(14)9-11/h5-6,9H,4,7-8,10H2,1-3H3. The summed E-state index contributed by atoms with van der Waals surface area (Å²) in [7, 11) is 4.14. The molecular weight excluding hydrogens is 283 g/mol. The van der Waals surface area contributed by atoms with Crippen LogP contribution in [-0.2, 0) is 6.54 Å². The van der Waals surface area contributed by atoms with Crippen LogP contribution in [-0.4, -0.2) is 43.5 Å². The fourth-order valence-electron chi connectivity index (χ4n) is 1.59. The Morgan fingerprint density at radius 2 is 1.94 bits per heavy atom. The summed E-state index contributed by atoms with van der Waals surface area (Å²) in [5.74, 6) is -0.204. The summed E-state index contributed by atoms with van der Waals surface area (Å²) in [4.78, 5) is 4.52. The second-order valence-electron chi connectivity index (χ2n) is 4.42. The normalized spacial score (nSPS) is 11.5. The molecule has 0 atom stereocenters. The van der Waals surface area contributed by atoms with E-state index < -0.39 is 0 Å². The van der Waals surface area contributed by atoms with Crippen molar-refractivity contribution in [3.63, 3.8) is 0 Å². The van der Waals surface area contributed by atoms with Crippen LogP contribution in [0.15, 0.2) is 22.7 Å². The molecule has 0 N–H and O–H groups in total. The summed E-state index contributed by atoms with van der Waals surface area (Å²) in [6.45, 7) is 6.08. The number of rotatable bonds is 6. The van der Waals surface area contributed by atoms with Gasteiger partial charge in [-0.15, -0.1) is 0 Å². The van der Waals surface area contributed by atoms with Gasteiger partial charge in [-0.05, 0) is 54.3 Å². The number of nitrogens with zero attached hydrogens (tertiary/aromatic N) is 2. The van der Waals surface area contributed by atoms with Crippen molar-refractivity contribution in [1.82, 2.24) is 9.80 Å². The molecule has 0 heterocycles. The first-order chi connectivity index (χ1) is 8.02. The zero-order valence-electron chi connectivity index (χ0n) is 10.7. The van der Waals surface area contributed by atoms with Gasteiger partial charge >= 0.3 is 0 Å². The van der Waals surface area contributed by atoms with E-state index in [0.29, 0.717) is 4.47 Å². The SMILES string of the molecule is CCN(CCN(C)C)Cc1ccc(F)c(Br)c1. The monoisotopic (exact) mass is 302 g/mol. The van der Waals surface area contributed by atoms with Gasteiger partial charge in [0.05, 0.1) is 4.47 Å². The molecule has 0 aliphatic carbocycles. The number of likely N-dealkylation sites (N-methyl/N-ethyl adjacent to an activating group) is 2. The first kappa shape index (κ1) is 14.6. The molecule has 96 valence electrons. The van der Waals surface area contributed by atoms with E-state index in [4.69, 9.17) is 0 Å². The van der Waals surface area contributed by atoms with Crippen molar-refractivity contribution in [1.29, 1.82) is 0 Å². The summed E-state index contributed by atoms with van der Waals surface area (Å²) in [6, 6.07) is 5.21. The van der Waals surface area contributed by atoms with Crippen LogP contribution in [0.3, 0.4) is 0 Å². The van der Waals surface area contributed by atoms with Crippen molar-refractivity contribution in [3.8, 4) is 0 Å². The molecule has 0 saturated heterocycles. The number of hydrogen-bond acceptors (Lipinski definition) is 2. The van der Waals surface area contributed by atoms with E-state index in [0.717, 1.165) is 31.7 Å². The van der Waals surface area contributed by atoms with Crippen LogP contribution in [0.25, 0.3) is 0 Å². The minimum Gasteiger partial charge on any atom is -0.308 e. The lowest BCUT2D eigenvalue weighted by Gasteiger charge is -2.22. The van der Waals surface area contributed by atoms with Crippen LogP contribution in [0.4, 0.5) is 4.39 Å². The average molecular weight is 303 g/mol. The van der Waals surface area contributed by atoms with Crippen molar-refractivity contribution in [2.75, 3.05) is 33.7 Å². The largest absolute Gasteiger partial charge is 0.308 e. The van der Waals surface area contributed by atoms with Crippen molar-refractivity contribution < 1.29 is 4.39 Å². The van der Waals surface area contributed by atoms with Gasteiger partial charge in [-0.1, -0.05) is 13.0 Å². The molecule has 1 rings (SSSR count). The molecule has 0 aromatic heterocycles. The van der Waals surface area contributed by atoms with Gasteiger partial charge in [-0.3, -0.25) is 4.90 Å². The van der Waals surface area contributed by atoms with Gasteiger partial charge < -0.3 is 4.90 Å². The predicted octanol–water partition coefficient (Wildman–Crippen LogP) is 2.97. The molecule has 2 nitrogen and oxygen atoms in total. The molecule has 4 heteroatoms. The highest BCUT2D eigenvalue weighted by molar-refractivity contribution is 9.10. The Morgan fingerprint density at radius 3 is 2.47 bits per heavy atom. The maximum atomic E-state index is 13.1. The van der Waals surface area contributed by atoms with Crippen LogP contribution in [0.5, 0.6) is 0 Å².